The first-order valence-electron chi connectivity index (χ1n) is 9.73. The van der Waals surface area contributed by atoms with Gasteiger partial charge in [-0.25, -0.2) is 9.59 Å². The summed E-state index contributed by atoms with van der Waals surface area (Å²) < 4.78 is 14.5. The van der Waals surface area contributed by atoms with Gasteiger partial charge in [-0.2, -0.15) is 0 Å². The molecule has 1 aromatic carbocycles. The summed E-state index contributed by atoms with van der Waals surface area (Å²) in [6.07, 6.45) is 3.05. The van der Waals surface area contributed by atoms with Gasteiger partial charge in [-0.15, -0.1) is 0 Å². The van der Waals surface area contributed by atoms with Gasteiger partial charge in [-0.3, -0.25) is 19.3 Å². The van der Waals surface area contributed by atoms with Gasteiger partial charge < -0.3 is 14.2 Å². The number of amides is 2. The number of imide groups is 1. The lowest BCUT2D eigenvalue weighted by molar-refractivity contribution is -0.141. The van der Waals surface area contributed by atoms with Crippen LogP contribution in [0.3, 0.4) is 0 Å². The first kappa shape index (κ1) is 21.5. The molecule has 2 amide bonds. The van der Waals surface area contributed by atoms with Crippen LogP contribution < -0.4 is 4.74 Å². The maximum absolute atomic E-state index is 12.5. The summed E-state index contributed by atoms with van der Waals surface area (Å²) in [4.78, 5) is 62.0. The summed E-state index contributed by atoms with van der Waals surface area (Å²) in [7, 11) is 2.36. The van der Waals surface area contributed by atoms with Gasteiger partial charge in [0.25, 0.3) is 0 Å². The number of hydrogen-bond donors (Lipinski definition) is 0. The number of methoxy groups -OCH3 is 2. The van der Waals surface area contributed by atoms with E-state index in [2.05, 4.69) is 9.47 Å². The summed E-state index contributed by atoms with van der Waals surface area (Å²) in [6, 6.07) is 3.78. The molecule has 9 nitrogen and oxygen atoms in total. The van der Waals surface area contributed by atoms with Crippen LogP contribution in [0.15, 0.2) is 18.2 Å². The highest BCUT2D eigenvalue weighted by atomic mass is 16.5. The number of nitrogens with zero attached hydrogens (tertiary/aromatic N) is 1. The molecular weight excluding hydrogens is 394 g/mol. The maximum Gasteiger partial charge on any atom is 0.338 e. The van der Waals surface area contributed by atoms with Gasteiger partial charge in [0, 0.05) is 6.54 Å². The van der Waals surface area contributed by atoms with Gasteiger partial charge in [-0.05, 0) is 31.0 Å². The van der Waals surface area contributed by atoms with Crippen molar-refractivity contribution < 1.29 is 38.2 Å². The molecule has 0 bridgehead atoms. The van der Waals surface area contributed by atoms with Crippen molar-refractivity contribution in [3.05, 3.63) is 29.3 Å². The minimum Gasteiger partial charge on any atom is -0.465 e. The Morgan fingerprint density at radius 2 is 1.40 bits per heavy atom. The Kier molecular flexibility index (Phi) is 6.49. The second-order valence-corrected chi connectivity index (χ2v) is 7.28. The molecule has 160 valence electrons. The number of hydrogen-bond acceptors (Lipinski definition) is 8. The van der Waals surface area contributed by atoms with E-state index in [9.17, 15) is 24.0 Å². The van der Waals surface area contributed by atoms with Crippen LogP contribution in [-0.4, -0.2) is 55.4 Å². The van der Waals surface area contributed by atoms with Gasteiger partial charge in [0.1, 0.15) is 5.75 Å². The molecule has 1 saturated carbocycles. The SMILES string of the molecule is COC(=O)c1cc(OC(=O)CCN2C(=O)[C@@H]3CCCC[C@H]3C2=O)cc(C(=O)OC)c1. The van der Waals surface area contributed by atoms with Crippen molar-refractivity contribution in [3.63, 3.8) is 0 Å². The molecule has 0 N–H and O–H groups in total. The number of likely N-dealkylation sites (tertiary alicyclic amines) is 1. The molecule has 2 atom stereocenters. The lowest BCUT2D eigenvalue weighted by atomic mass is 9.81. The maximum atomic E-state index is 12.5. The molecule has 9 heteroatoms. The third-order valence-corrected chi connectivity index (χ3v) is 5.45. The molecule has 1 saturated heterocycles. The van der Waals surface area contributed by atoms with Crippen LogP contribution in [0, 0.1) is 11.8 Å². The van der Waals surface area contributed by atoms with Gasteiger partial charge >= 0.3 is 17.9 Å². The average Bonchev–Trinajstić information content (AvgIpc) is 3.00. The van der Waals surface area contributed by atoms with E-state index in [4.69, 9.17) is 4.74 Å². The van der Waals surface area contributed by atoms with Crippen molar-refractivity contribution in [2.24, 2.45) is 11.8 Å². The van der Waals surface area contributed by atoms with E-state index >= 15 is 0 Å². The molecule has 30 heavy (non-hydrogen) atoms. The van der Waals surface area contributed by atoms with Gasteiger partial charge in [-0.1, -0.05) is 12.8 Å². The Bertz CT molecular complexity index is 835. The molecule has 0 radical (unpaired) electrons. The molecule has 1 heterocycles. The van der Waals surface area contributed by atoms with Crippen LogP contribution in [0.5, 0.6) is 5.75 Å². The second kappa shape index (κ2) is 9.06. The zero-order valence-electron chi connectivity index (χ0n) is 16.8. The molecule has 0 unspecified atom stereocenters. The Morgan fingerprint density at radius 3 is 1.87 bits per heavy atom. The lowest BCUT2D eigenvalue weighted by Crippen LogP contribution is -2.33. The number of carbonyl (C=O) groups excluding carboxylic acids is 5. The van der Waals surface area contributed by atoms with Crippen LogP contribution in [0.1, 0.15) is 52.8 Å². The van der Waals surface area contributed by atoms with Crippen LogP contribution in [-0.2, 0) is 23.9 Å². The zero-order chi connectivity index (χ0) is 21.8. The number of fused-ring (bicyclic) bond motifs is 1. The van der Waals surface area contributed by atoms with E-state index in [1.54, 1.807) is 0 Å². The zero-order valence-corrected chi connectivity index (χ0v) is 16.8. The van der Waals surface area contributed by atoms with Crippen LogP contribution in [0.25, 0.3) is 0 Å². The summed E-state index contributed by atoms with van der Waals surface area (Å²) in [6.45, 7) is -0.0654. The second-order valence-electron chi connectivity index (χ2n) is 7.28. The van der Waals surface area contributed by atoms with Crippen LogP contribution in [0.2, 0.25) is 0 Å². The predicted molar refractivity (Wildman–Crippen MR) is 102 cm³/mol. The summed E-state index contributed by atoms with van der Waals surface area (Å²) >= 11 is 0. The first-order chi connectivity index (χ1) is 14.3. The number of esters is 3. The fraction of sp³-hybridized carbons (Fsp3) is 0.476. The van der Waals surface area contributed by atoms with Crippen molar-refractivity contribution in [3.8, 4) is 5.75 Å². The quantitative estimate of drug-likeness (QED) is 0.390. The number of rotatable bonds is 6. The smallest absolute Gasteiger partial charge is 0.338 e. The van der Waals surface area contributed by atoms with E-state index in [1.165, 1.54) is 32.4 Å². The fourth-order valence-corrected chi connectivity index (χ4v) is 3.97. The lowest BCUT2D eigenvalue weighted by Gasteiger charge is -2.19. The third kappa shape index (κ3) is 4.34. The highest BCUT2D eigenvalue weighted by Crippen LogP contribution is 2.38. The summed E-state index contributed by atoms with van der Waals surface area (Å²) in [5.74, 6) is -3.18. The van der Waals surface area contributed by atoms with Gasteiger partial charge in [0.15, 0.2) is 0 Å². The van der Waals surface area contributed by atoms with E-state index in [0.717, 1.165) is 17.7 Å². The Labute approximate surface area is 173 Å². The molecule has 0 aromatic heterocycles. The number of benzene rings is 1. The molecule has 2 aliphatic rings. The molecule has 3 rings (SSSR count). The number of carbonyl (C=O) groups is 5. The largest absolute Gasteiger partial charge is 0.465 e. The minimum absolute atomic E-state index is 0.0113. The average molecular weight is 417 g/mol. The Balaban J connectivity index is 1.67. The van der Waals surface area contributed by atoms with Crippen molar-refractivity contribution in [1.29, 1.82) is 0 Å². The Hall–Kier alpha value is -3.23. The van der Waals surface area contributed by atoms with Crippen molar-refractivity contribution in [2.45, 2.75) is 32.1 Å². The van der Waals surface area contributed by atoms with Crippen molar-refractivity contribution in [2.75, 3.05) is 20.8 Å². The van der Waals surface area contributed by atoms with Crippen molar-refractivity contribution in [1.82, 2.24) is 4.90 Å². The summed E-state index contributed by atoms with van der Waals surface area (Å²) in [5.41, 5.74) is 0.0225. The predicted octanol–water partition coefficient (Wildman–Crippen LogP) is 1.73. The molecule has 1 aromatic rings. The minimum atomic E-state index is -0.714. The third-order valence-electron chi connectivity index (χ3n) is 5.45. The van der Waals surface area contributed by atoms with Crippen LogP contribution in [0.4, 0.5) is 0 Å². The van der Waals surface area contributed by atoms with Gasteiger partial charge in [0.05, 0.1) is 43.6 Å². The molecule has 1 aliphatic carbocycles. The van der Waals surface area contributed by atoms with Gasteiger partial charge in [0.2, 0.25) is 11.8 Å². The van der Waals surface area contributed by atoms with E-state index in [0.29, 0.717) is 12.8 Å². The first-order valence-corrected chi connectivity index (χ1v) is 9.73. The Morgan fingerprint density at radius 1 is 0.900 bits per heavy atom. The fourth-order valence-electron chi connectivity index (χ4n) is 3.97. The van der Waals surface area contributed by atoms with Crippen molar-refractivity contribution >= 4 is 29.7 Å². The molecule has 2 fully saturated rings. The molecule has 0 spiro atoms. The monoisotopic (exact) mass is 417 g/mol. The molecule has 1 aliphatic heterocycles. The summed E-state index contributed by atoms with van der Waals surface area (Å²) in [5, 5.41) is 0. The highest BCUT2D eigenvalue weighted by molar-refractivity contribution is 6.05. The van der Waals surface area contributed by atoms with Crippen LogP contribution >= 0.6 is 0 Å². The van der Waals surface area contributed by atoms with E-state index in [-0.39, 0.29) is 53.5 Å². The van der Waals surface area contributed by atoms with E-state index in [1.807, 2.05) is 0 Å². The highest BCUT2D eigenvalue weighted by Gasteiger charge is 2.47. The topological polar surface area (TPSA) is 116 Å². The normalized spacial score (nSPS) is 20.5. The molecular formula is C21H23NO8. The standard InChI is InChI=1S/C21H23NO8/c1-28-20(26)12-9-13(21(27)29-2)11-14(10-12)30-17(23)7-8-22-18(24)15-5-3-4-6-16(15)19(22)25/h9-11,15-16H,3-8H2,1-2H3/t15-,16-/m1/s1. The van der Waals surface area contributed by atoms with E-state index < -0.39 is 17.9 Å². The number of ether oxygens (including phenoxy) is 3.